The molecule has 2 unspecified atom stereocenters. The summed E-state index contributed by atoms with van der Waals surface area (Å²) in [6, 6.07) is 0.100. The van der Waals surface area contributed by atoms with Gasteiger partial charge in [0.15, 0.2) is 0 Å². The molecule has 2 heterocycles. The number of rotatable bonds is 3. The number of likely N-dealkylation sites (tertiary alicyclic amines) is 1. The first-order valence-electron chi connectivity index (χ1n) is 6.22. The number of carbonyl (C=O) groups is 1. The third-order valence-electron chi connectivity index (χ3n) is 3.22. The van der Waals surface area contributed by atoms with Crippen LogP contribution in [0.1, 0.15) is 44.2 Å². The van der Waals surface area contributed by atoms with Gasteiger partial charge in [-0.05, 0) is 26.2 Å². The van der Waals surface area contributed by atoms with E-state index in [0.29, 0.717) is 6.42 Å². The van der Waals surface area contributed by atoms with Gasteiger partial charge in [-0.3, -0.25) is 9.89 Å². The van der Waals surface area contributed by atoms with Gasteiger partial charge in [-0.1, -0.05) is 0 Å². The molecule has 1 aliphatic heterocycles. The fourth-order valence-corrected chi connectivity index (χ4v) is 2.41. The summed E-state index contributed by atoms with van der Waals surface area (Å²) in [6.45, 7) is 2.70. The summed E-state index contributed by atoms with van der Waals surface area (Å²) in [4.78, 5) is 14.1. The van der Waals surface area contributed by atoms with Gasteiger partial charge in [0.2, 0.25) is 5.91 Å². The Labute approximate surface area is 126 Å². The Bertz CT molecular complexity index is 370. The predicted molar refractivity (Wildman–Crippen MR) is 79.7 cm³/mol. The van der Waals surface area contributed by atoms with Crippen molar-refractivity contribution in [1.29, 1.82) is 0 Å². The maximum absolute atomic E-state index is 12.1. The minimum absolute atomic E-state index is 0. The molecule has 3 N–H and O–H groups in total. The van der Waals surface area contributed by atoms with Crippen molar-refractivity contribution in [1.82, 2.24) is 15.1 Å². The highest BCUT2D eigenvalue weighted by Gasteiger charge is 2.28. The lowest BCUT2D eigenvalue weighted by molar-refractivity contribution is -0.135. The lowest BCUT2D eigenvalue weighted by Gasteiger charge is -2.35. The van der Waals surface area contributed by atoms with E-state index in [4.69, 9.17) is 5.73 Å². The second-order valence-corrected chi connectivity index (χ2v) is 4.81. The van der Waals surface area contributed by atoms with E-state index in [1.165, 1.54) is 0 Å². The molecule has 1 aliphatic rings. The van der Waals surface area contributed by atoms with Gasteiger partial charge in [-0.15, -0.1) is 24.8 Å². The van der Waals surface area contributed by atoms with Gasteiger partial charge >= 0.3 is 0 Å². The monoisotopic (exact) mass is 308 g/mol. The molecule has 1 fully saturated rings. The highest BCUT2D eigenvalue weighted by Crippen LogP contribution is 2.30. The highest BCUT2D eigenvalue weighted by molar-refractivity contribution is 5.85. The first-order chi connectivity index (χ1) is 8.18. The molecule has 0 spiro atoms. The Morgan fingerprint density at radius 2 is 2.32 bits per heavy atom. The first-order valence-corrected chi connectivity index (χ1v) is 6.22. The van der Waals surface area contributed by atoms with Crippen LogP contribution in [0.3, 0.4) is 0 Å². The fraction of sp³-hybridized carbons (Fsp3) is 0.667. The van der Waals surface area contributed by atoms with Crippen LogP contribution < -0.4 is 5.73 Å². The summed E-state index contributed by atoms with van der Waals surface area (Å²) in [5, 5.41) is 6.78. The van der Waals surface area contributed by atoms with Gasteiger partial charge in [0.25, 0.3) is 0 Å². The van der Waals surface area contributed by atoms with Crippen LogP contribution in [0, 0.1) is 0 Å². The number of aromatic amines is 1. The summed E-state index contributed by atoms with van der Waals surface area (Å²) in [6.07, 6.45) is 7.37. The van der Waals surface area contributed by atoms with Crippen molar-refractivity contribution in [2.24, 2.45) is 5.73 Å². The van der Waals surface area contributed by atoms with E-state index in [2.05, 4.69) is 10.2 Å². The first kappa shape index (κ1) is 18.2. The van der Waals surface area contributed by atoms with Crippen LogP contribution >= 0.6 is 24.8 Å². The van der Waals surface area contributed by atoms with Gasteiger partial charge in [-0.25, -0.2) is 0 Å². The molecule has 1 aromatic rings. The van der Waals surface area contributed by atoms with Crippen LogP contribution in [0.25, 0.3) is 0 Å². The lowest BCUT2D eigenvalue weighted by Crippen LogP contribution is -2.40. The molecular formula is C12H22Cl2N4O. The normalized spacial score (nSPS) is 20.1. The number of nitrogens with zero attached hydrogens (tertiary/aromatic N) is 2. The second-order valence-electron chi connectivity index (χ2n) is 4.81. The Balaban J connectivity index is 0.00000162. The van der Waals surface area contributed by atoms with Crippen molar-refractivity contribution in [3.63, 3.8) is 0 Å². The van der Waals surface area contributed by atoms with Crippen molar-refractivity contribution in [2.75, 3.05) is 6.54 Å². The Hall–Kier alpha value is -0.780. The highest BCUT2D eigenvalue weighted by atomic mass is 35.5. The zero-order chi connectivity index (χ0) is 12.3. The van der Waals surface area contributed by atoms with E-state index in [0.717, 1.165) is 31.4 Å². The van der Waals surface area contributed by atoms with Gasteiger partial charge in [0.1, 0.15) is 0 Å². The maximum atomic E-state index is 12.1. The number of nitrogens with one attached hydrogen (secondary N) is 1. The number of H-pyrrole nitrogens is 1. The smallest absolute Gasteiger partial charge is 0.224 e. The van der Waals surface area contributed by atoms with Crippen molar-refractivity contribution in [2.45, 2.75) is 44.7 Å². The zero-order valence-corrected chi connectivity index (χ0v) is 12.7. The molecule has 7 heteroatoms. The van der Waals surface area contributed by atoms with Crippen molar-refractivity contribution in [3.8, 4) is 0 Å². The molecule has 0 saturated carbocycles. The summed E-state index contributed by atoms with van der Waals surface area (Å²) < 4.78 is 0. The quantitative estimate of drug-likeness (QED) is 0.897. The van der Waals surface area contributed by atoms with Crippen LogP contribution in [0.15, 0.2) is 12.4 Å². The second kappa shape index (κ2) is 8.40. The molecule has 19 heavy (non-hydrogen) atoms. The summed E-state index contributed by atoms with van der Waals surface area (Å²) >= 11 is 0. The third-order valence-corrected chi connectivity index (χ3v) is 3.22. The van der Waals surface area contributed by atoms with Crippen LogP contribution in [-0.4, -0.2) is 33.6 Å². The van der Waals surface area contributed by atoms with Gasteiger partial charge < -0.3 is 10.6 Å². The minimum Gasteiger partial charge on any atom is -0.335 e. The number of hydrogen-bond donors (Lipinski definition) is 2. The number of halogens is 2. The number of hydrogen-bond acceptors (Lipinski definition) is 3. The predicted octanol–water partition coefficient (Wildman–Crippen LogP) is 2.04. The molecule has 1 amide bonds. The molecule has 0 bridgehead atoms. The number of piperidine rings is 1. The molecular weight excluding hydrogens is 287 g/mol. The van der Waals surface area contributed by atoms with Crippen molar-refractivity contribution >= 4 is 30.7 Å². The number of nitrogens with two attached hydrogens (primary N) is 1. The van der Waals surface area contributed by atoms with E-state index >= 15 is 0 Å². The number of aromatic nitrogens is 2. The van der Waals surface area contributed by atoms with Gasteiger partial charge in [-0.2, -0.15) is 5.10 Å². The van der Waals surface area contributed by atoms with Gasteiger partial charge in [0, 0.05) is 30.8 Å². The van der Waals surface area contributed by atoms with E-state index in [1.807, 2.05) is 24.2 Å². The largest absolute Gasteiger partial charge is 0.335 e. The van der Waals surface area contributed by atoms with Crippen molar-refractivity contribution < 1.29 is 4.79 Å². The fourth-order valence-electron chi connectivity index (χ4n) is 2.41. The average molecular weight is 309 g/mol. The Morgan fingerprint density at radius 3 is 2.89 bits per heavy atom. The van der Waals surface area contributed by atoms with Crippen LogP contribution in [0.4, 0.5) is 0 Å². The molecule has 1 saturated heterocycles. The summed E-state index contributed by atoms with van der Waals surface area (Å²) in [7, 11) is 0. The molecule has 110 valence electrons. The lowest BCUT2D eigenvalue weighted by atomic mass is 9.97. The molecule has 0 radical (unpaired) electrons. The van der Waals surface area contributed by atoms with Crippen LogP contribution in [0.5, 0.6) is 0 Å². The molecule has 0 aliphatic carbocycles. The van der Waals surface area contributed by atoms with Crippen LogP contribution in [-0.2, 0) is 4.79 Å². The maximum Gasteiger partial charge on any atom is 0.224 e. The molecule has 5 nitrogen and oxygen atoms in total. The summed E-state index contributed by atoms with van der Waals surface area (Å²) in [5.41, 5.74) is 6.80. The molecule has 2 rings (SSSR count). The SMILES string of the molecule is CC(N)CC(=O)N1CCCCC1c1cn[nH]c1.Cl.Cl. The third kappa shape index (κ3) is 4.67. The number of amides is 1. The van der Waals surface area contributed by atoms with E-state index in [1.54, 1.807) is 0 Å². The summed E-state index contributed by atoms with van der Waals surface area (Å²) in [5.74, 6) is 0.158. The Morgan fingerprint density at radius 1 is 1.58 bits per heavy atom. The number of carbonyl (C=O) groups excluding carboxylic acids is 1. The Kier molecular flexibility index (Phi) is 8.06. The molecule has 2 atom stereocenters. The average Bonchev–Trinajstić information content (AvgIpc) is 2.81. The van der Waals surface area contributed by atoms with Gasteiger partial charge in [0.05, 0.1) is 12.2 Å². The zero-order valence-electron chi connectivity index (χ0n) is 11.0. The standard InChI is InChI=1S/C12H20N4O.2ClH/c1-9(13)6-12(17)16-5-3-2-4-11(16)10-7-14-15-8-10;;/h7-9,11H,2-6,13H2,1H3,(H,14,15);2*1H. The van der Waals surface area contributed by atoms with Crippen LogP contribution in [0.2, 0.25) is 0 Å². The van der Waals surface area contributed by atoms with E-state index in [-0.39, 0.29) is 42.8 Å². The molecule has 1 aromatic heterocycles. The van der Waals surface area contributed by atoms with E-state index < -0.39 is 0 Å². The van der Waals surface area contributed by atoms with Crippen molar-refractivity contribution in [3.05, 3.63) is 18.0 Å². The van der Waals surface area contributed by atoms with E-state index in [9.17, 15) is 4.79 Å². The molecule has 0 aromatic carbocycles. The minimum atomic E-state index is -0.0746. The topological polar surface area (TPSA) is 75.0 Å².